The molecule has 0 bridgehead atoms. The first kappa shape index (κ1) is 7.92. The maximum absolute atomic E-state index is 3.49. The van der Waals surface area contributed by atoms with Gasteiger partial charge in [-0.25, -0.2) is 0 Å². The number of nitrogens with one attached hydrogen (secondary N) is 2. The molecule has 0 aliphatic carbocycles. The van der Waals surface area contributed by atoms with Gasteiger partial charge in [-0.05, 0) is 24.0 Å². The normalized spacial score (nSPS) is 20.5. The summed E-state index contributed by atoms with van der Waals surface area (Å²) < 4.78 is 0. The third-order valence-electron chi connectivity index (χ3n) is 3.17. The molecule has 14 heavy (non-hydrogen) atoms. The molecule has 1 aromatic carbocycles. The van der Waals surface area contributed by atoms with Gasteiger partial charge in [-0.1, -0.05) is 19.1 Å². The Morgan fingerprint density at radius 2 is 2.21 bits per heavy atom. The second kappa shape index (κ2) is 2.77. The largest absolute Gasteiger partial charge is 0.383 e. The van der Waals surface area contributed by atoms with Crippen LogP contribution in [0.4, 0.5) is 5.69 Å². The maximum Gasteiger partial charge on any atom is 0.0692 e. The minimum absolute atomic E-state index is 0.680. The Bertz CT molecular complexity index is 470. The first-order chi connectivity index (χ1) is 6.86. The van der Waals surface area contributed by atoms with E-state index in [1.54, 1.807) is 0 Å². The van der Waals surface area contributed by atoms with Crippen LogP contribution in [0.2, 0.25) is 0 Å². The highest BCUT2D eigenvalue weighted by atomic mass is 14.9. The van der Waals surface area contributed by atoms with E-state index in [4.69, 9.17) is 0 Å². The van der Waals surface area contributed by atoms with Crippen LogP contribution in [-0.2, 0) is 0 Å². The van der Waals surface area contributed by atoms with E-state index in [1.165, 1.54) is 28.6 Å². The number of hydrogen-bond donors (Lipinski definition) is 2. The Kier molecular flexibility index (Phi) is 1.57. The average Bonchev–Trinajstić information content (AvgIpc) is 2.66. The van der Waals surface area contributed by atoms with Crippen LogP contribution in [0.25, 0.3) is 10.9 Å². The molecule has 2 nitrogen and oxygen atoms in total. The van der Waals surface area contributed by atoms with Crippen LogP contribution in [0.5, 0.6) is 0 Å². The van der Waals surface area contributed by atoms with Crippen LogP contribution in [0, 0.1) is 0 Å². The number of H-pyrrole nitrogens is 1. The molecule has 2 N–H and O–H groups in total. The molecular weight excluding hydrogens is 172 g/mol. The molecule has 1 aliphatic heterocycles. The van der Waals surface area contributed by atoms with Crippen LogP contribution in [0.3, 0.4) is 0 Å². The molecule has 2 aromatic rings. The second-order valence-electron chi connectivity index (χ2n) is 4.09. The monoisotopic (exact) mass is 186 g/mol. The average molecular weight is 186 g/mol. The van der Waals surface area contributed by atoms with Gasteiger partial charge in [0.25, 0.3) is 0 Å². The molecule has 3 rings (SSSR count). The van der Waals surface area contributed by atoms with Crippen molar-refractivity contribution in [3.8, 4) is 0 Å². The summed E-state index contributed by atoms with van der Waals surface area (Å²) in [7, 11) is 0. The number of rotatable bonds is 0. The number of aromatic nitrogens is 1. The van der Waals surface area contributed by atoms with Crippen LogP contribution in [-0.4, -0.2) is 11.5 Å². The zero-order valence-corrected chi connectivity index (χ0v) is 8.30. The summed E-state index contributed by atoms with van der Waals surface area (Å²) in [6.07, 6.45) is 3.24. The summed E-state index contributed by atoms with van der Waals surface area (Å²) in [5.41, 5.74) is 4.02. The molecule has 1 atom stereocenters. The highest BCUT2D eigenvalue weighted by Gasteiger charge is 2.17. The van der Waals surface area contributed by atoms with E-state index in [0.29, 0.717) is 5.92 Å². The van der Waals surface area contributed by atoms with E-state index >= 15 is 0 Å². The Morgan fingerprint density at radius 1 is 1.29 bits per heavy atom. The van der Waals surface area contributed by atoms with Crippen molar-refractivity contribution in [1.29, 1.82) is 0 Å². The van der Waals surface area contributed by atoms with Gasteiger partial charge >= 0.3 is 0 Å². The topological polar surface area (TPSA) is 27.8 Å². The van der Waals surface area contributed by atoms with Crippen LogP contribution in [0.15, 0.2) is 24.4 Å². The van der Waals surface area contributed by atoms with Crippen LogP contribution < -0.4 is 5.32 Å². The smallest absolute Gasteiger partial charge is 0.0692 e. The van der Waals surface area contributed by atoms with Crippen molar-refractivity contribution in [2.24, 2.45) is 0 Å². The van der Waals surface area contributed by atoms with Gasteiger partial charge in [0.15, 0.2) is 0 Å². The van der Waals surface area contributed by atoms with Gasteiger partial charge in [-0.2, -0.15) is 0 Å². The first-order valence-corrected chi connectivity index (χ1v) is 5.20. The SMILES string of the molecule is CC1CCNc2c1ccc1cc[nH]c21. The Morgan fingerprint density at radius 3 is 3.14 bits per heavy atom. The van der Waals surface area contributed by atoms with E-state index < -0.39 is 0 Å². The number of benzene rings is 1. The van der Waals surface area contributed by atoms with E-state index in [2.05, 4.69) is 35.4 Å². The minimum atomic E-state index is 0.680. The molecule has 1 aromatic heterocycles. The lowest BCUT2D eigenvalue weighted by atomic mass is 9.92. The summed E-state index contributed by atoms with van der Waals surface area (Å²) in [4.78, 5) is 3.31. The zero-order chi connectivity index (χ0) is 9.54. The van der Waals surface area contributed by atoms with Crippen molar-refractivity contribution in [2.75, 3.05) is 11.9 Å². The number of anilines is 1. The summed E-state index contributed by atoms with van der Waals surface area (Å²) in [6, 6.07) is 6.58. The third-order valence-corrected chi connectivity index (χ3v) is 3.17. The summed E-state index contributed by atoms with van der Waals surface area (Å²) in [6.45, 7) is 3.39. The molecule has 0 fully saturated rings. The predicted octanol–water partition coefficient (Wildman–Crippen LogP) is 3.09. The Hall–Kier alpha value is -1.44. The second-order valence-corrected chi connectivity index (χ2v) is 4.09. The molecule has 72 valence electrons. The third kappa shape index (κ3) is 0.969. The van der Waals surface area contributed by atoms with E-state index in [0.717, 1.165) is 6.54 Å². The van der Waals surface area contributed by atoms with E-state index in [1.807, 2.05) is 6.20 Å². The van der Waals surface area contributed by atoms with Gasteiger partial charge in [0.2, 0.25) is 0 Å². The minimum Gasteiger partial charge on any atom is -0.383 e. The van der Waals surface area contributed by atoms with Gasteiger partial charge in [0.05, 0.1) is 11.2 Å². The molecule has 2 heteroatoms. The number of aromatic amines is 1. The first-order valence-electron chi connectivity index (χ1n) is 5.20. The lowest BCUT2D eigenvalue weighted by Gasteiger charge is -2.24. The molecular formula is C12H14N2. The van der Waals surface area contributed by atoms with Crippen molar-refractivity contribution < 1.29 is 0 Å². The van der Waals surface area contributed by atoms with Crippen LogP contribution in [0.1, 0.15) is 24.8 Å². The van der Waals surface area contributed by atoms with Crippen molar-refractivity contribution in [1.82, 2.24) is 4.98 Å². The molecule has 0 saturated carbocycles. The lowest BCUT2D eigenvalue weighted by Crippen LogP contribution is -2.15. The summed E-state index contributed by atoms with van der Waals surface area (Å²) >= 11 is 0. The van der Waals surface area contributed by atoms with E-state index in [-0.39, 0.29) is 0 Å². The van der Waals surface area contributed by atoms with Gasteiger partial charge in [-0.15, -0.1) is 0 Å². The molecule has 1 aliphatic rings. The molecule has 0 amide bonds. The maximum atomic E-state index is 3.49. The molecule has 0 radical (unpaired) electrons. The van der Waals surface area contributed by atoms with Crippen molar-refractivity contribution in [2.45, 2.75) is 19.3 Å². The summed E-state index contributed by atoms with van der Waals surface area (Å²) in [5.74, 6) is 0.680. The van der Waals surface area contributed by atoms with Gasteiger partial charge in [0.1, 0.15) is 0 Å². The summed E-state index contributed by atoms with van der Waals surface area (Å²) in [5, 5.41) is 4.79. The molecule has 0 spiro atoms. The van der Waals surface area contributed by atoms with Crippen LogP contribution >= 0.6 is 0 Å². The fraction of sp³-hybridized carbons (Fsp3) is 0.333. The van der Waals surface area contributed by atoms with Crippen molar-refractivity contribution in [3.05, 3.63) is 30.0 Å². The van der Waals surface area contributed by atoms with Crippen molar-refractivity contribution in [3.63, 3.8) is 0 Å². The van der Waals surface area contributed by atoms with Gasteiger partial charge in [-0.3, -0.25) is 0 Å². The van der Waals surface area contributed by atoms with Gasteiger partial charge in [0, 0.05) is 18.1 Å². The molecule has 2 heterocycles. The highest BCUT2D eigenvalue weighted by Crippen LogP contribution is 2.35. The Balaban J connectivity index is 2.32. The fourth-order valence-corrected chi connectivity index (χ4v) is 2.31. The predicted molar refractivity (Wildman–Crippen MR) is 59.8 cm³/mol. The molecule has 1 unspecified atom stereocenters. The zero-order valence-electron chi connectivity index (χ0n) is 8.30. The number of fused-ring (bicyclic) bond motifs is 3. The Labute approximate surface area is 83.3 Å². The lowest BCUT2D eigenvalue weighted by molar-refractivity contribution is 0.685. The molecule has 0 saturated heterocycles. The standard InChI is InChI=1S/C12H14N2/c1-8-4-6-14-12-10(8)3-2-9-5-7-13-11(9)12/h2-3,5,7-8,13-14H,4,6H2,1H3. The highest BCUT2D eigenvalue weighted by molar-refractivity contribution is 5.93. The van der Waals surface area contributed by atoms with Crippen molar-refractivity contribution >= 4 is 16.6 Å². The van der Waals surface area contributed by atoms with E-state index in [9.17, 15) is 0 Å². The quantitative estimate of drug-likeness (QED) is 0.650. The fourth-order valence-electron chi connectivity index (χ4n) is 2.31. The van der Waals surface area contributed by atoms with Gasteiger partial charge < -0.3 is 10.3 Å². The number of hydrogen-bond acceptors (Lipinski definition) is 1.